The fourth-order valence-corrected chi connectivity index (χ4v) is 5.46. The van der Waals surface area contributed by atoms with E-state index in [2.05, 4.69) is 33.9 Å². The molecule has 1 N–H and O–H groups in total. The van der Waals surface area contributed by atoms with E-state index >= 15 is 0 Å². The summed E-state index contributed by atoms with van der Waals surface area (Å²) in [5.74, 6) is -0.147. The van der Waals surface area contributed by atoms with Gasteiger partial charge in [0.15, 0.2) is 0 Å². The molecule has 1 atom stereocenters. The third-order valence-corrected chi connectivity index (χ3v) is 7.80. The van der Waals surface area contributed by atoms with Crippen LogP contribution in [0.1, 0.15) is 48.0 Å². The zero-order valence-corrected chi connectivity index (χ0v) is 20.0. The maximum atomic E-state index is 12.9. The van der Waals surface area contributed by atoms with Crippen LogP contribution in [0, 0.1) is 0 Å². The van der Waals surface area contributed by atoms with Crippen LogP contribution in [-0.4, -0.2) is 58.6 Å². The number of benzene rings is 2. The monoisotopic (exact) mass is 471 g/mol. The molecule has 8 heteroatoms. The zero-order valence-electron chi connectivity index (χ0n) is 19.2. The van der Waals surface area contributed by atoms with Gasteiger partial charge in [-0.3, -0.25) is 4.79 Å². The van der Waals surface area contributed by atoms with Crippen LogP contribution in [0.2, 0.25) is 0 Å². The Kier molecular flexibility index (Phi) is 7.67. The number of hydrogen-bond donors (Lipinski definition) is 1. The number of nitrogens with zero attached hydrogens (tertiary/aromatic N) is 2. The van der Waals surface area contributed by atoms with Crippen LogP contribution in [0.3, 0.4) is 0 Å². The molecule has 2 fully saturated rings. The van der Waals surface area contributed by atoms with Crippen LogP contribution < -0.4 is 9.62 Å². The lowest BCUT2D eigenvalue weighted by molar-refractivity contribution is 0.0785. The van der Waals surface area contributed by atoms with E-state index in [0.717, 1.165) is 31.5 Å². The first-order valence-electron chi connectivity index (χ1n) is 11.7. The van der Waals surface area contributed by atoms with Crippen molar-refractivity contribution in [2.75, 3.05) is 38.2 Å². The molecule has 2 aromatic carbocycles. The molecule has 0 aliphatic carbocycles. The Labute approximate surface area is 196 Å². The van der Waals surface area contributed by atoms with Crippen LogP contribution in [0.4, 0.5) is 5.69 Å². The maximum absolute atomic E-state index is 12.9. The van der Waals surface area contributed by atoms with Crippen molar-refractivity contribution in [2.45, 2.75) is 49.6 Å². The molecule has 2 aliphatic heterocycles. The molecule has 0 aromatic heterocycles. The summed E-state index contributed by atoms with van der Waals surface area (Å²) in [5, 5.41) is 0. The lowest BCUT2D eigenvalue weighted by atomic mass is 10.1. The first-order valence-corrected chi connectivity index (χ1v) is 13.2. The molecule has 33 heavy (non-hydrogen) atoms. The number of rotatable bonds is 8. The van der Waals surface area contributed by atoms with Gasteiger partial charge in [-0.2, -0.15) is 0 Å². The third-order valence-electron chi connectivity index (χ3n) is 6.36. The number of hydrogen-bond acceptors (Lipinski definition) is 5. The number of carbonyl (C=O) groups is 1. The largest absolute Gasteiger partial charge is 0.377 e. The van der Waals surface area contributed by atoms with E-state index in [4.69, 9.17) is 4.74 Å². The number of carbonyl (C=O) groups excluding carboxylic acids is 1. The first-order chi connectivity index (χ1) is 15.9. The number of anilines is 1. The van der Waals surface area contributed by atoms with Gasteiger partial charge in [0.1, 0.15) is 0 Å². The second-order valence-electron chi connectivity index (χ2n) is 8.89. The number of piperidine rings is 1. The fourth-order valence-electron chi connectivity index (χ4n) is 4.40. The lowest BCUT2D eigenvalue weighted by Crippen LogP contribution is -2.32. The van der Waals surface area contributed by atoms with Gasteiger partial charge in [0.25, 0.3) is 5.91 Å². The molecule has 2 aliphatic rings. The predicted molar refractivity (Wildman–Crippen MR) is 129 cm³/mol. The summed E-state index contributed by atoms with van der Waals surface area (Å²) in [4.78, 5) is 17.1. The van der Waals surface area contributed by atoms with Gasteiger partial charge in [-0.25, -0.2) is 13.1 Å². The van der Waals surface area contributed by atoms with Gasteiger partial charge in [0.05, 0.1) is 11.0 Å². The second-order valence-corrected chi connectivity index (χ2v) is 10.7. The normalized spacial score (nSPS) is 18.9. The van der Waals surface area contributed by atoms with E-state index in [1.165, 1.54) is 37.1 Å². The first kappa shape index (κ1) is 23.7. The molecule has 1 amide bonds. The third kappa shape index (κ3) is 6.13. The Morgan fingerprint density at radius 1 is 1.03 bits per heavy atom. The Morgan fingerprint density at radius 3 is 2.36 bits per heavy atom. The number of ether oxygens (including phenoxy) is 1. The summed E-state index contributed by atoms with van der Waals surface area (Å²) < 4.78 is 33.1. The van der Waals surface area contributed by atoms with E-state index in [1.54, 1.807) is 24.1 Å². The summed E-state index contributed by atoms with van der Waals surface area (Å²) in [7, 11) is -1.87. The van der Waals surface area contributed by atoms with Crippen molar-refractivity contribution in [2.24, 2.45) is 0 Å². The Morgan fingerprint density at radius 2 is 1.73 bits per heavy atom. The summed E-state index contributed by atoms with van der Waals surface area (Å²) in [6, 6.07) is 14.5. The maximum Gasteiger partial charge on any atom is 0.253 e. The van der Waals surface area contributed by atoms with Crippen molar-refractivity contribution < 1.29 is 17.9 Å². The van der Waals surface area contributed by atoms with Crippen LogP contribution in [-0.2, 0) is 21.3 Å². The summed E-state index contributed by atoms with van der Waals surface area (Å²) in [5.41, 5.74) is 2.75. The van der Waals surface area contributed by atoms with Gasteiger partial charge in [-0.05, 0) is 74.1 Å². The molecular formula is C25H33N3O4S. The standard InChI is InChI=1S/C25H33N3O4S/c1-27(19-20-7-11-22(12-8-20)28-15-3-2-4-16-28)25(29)21-9-13-24(14-10-21)33(30,31)26-18-23-6-5-17-32-23/h7-14,23,26H,2-6,15-19H2,1H3. The number of sulfonamides is 1. The van der Waals surface area contributed by atoms with E-state index in [9.17, 15) is 13.2 Å². The highest BCUT2D eigenvalue weighted by atomic mass is 32.2. The smallest absolute Gasteiger partial charge is 0.253 e. The van der Waals surface area contributed by atoms with Gasteiger partial charge in [-0.1, -0.05) is 12.1 Å². The van der Waals surface area contributed by atoms with Gasteiger partial charge in [-0.15, -0.1) is 0 Å². The van der Waals surface area contributed by atoms with Crippen LogP contribution >= 0.6 is 0 Å². The van der Waals surface area contributed by atoms with Crippen molar-refractivity contribution in [3.05, 3.63) is 59.7 Å². The highest BCUT2D eigenvalue weighted by Gasteiger charge is 2.21. The topological polar surface area (TPSA) is 79.0 Å². The predicted octanol–water partition coefficient (Wildman–Crippen LogP) is 3.41. The summed E-state index contributed by atoms with van der Waals surface area (Å²) in [6.45, 7) is 3.64. The molecule has 0 saturated carbocycles. The molecule has 2 saturated heterocycles. The van der Waals surface area contributed by atoms with Crippen molar-refractivity contribution in [1.82, 2.24) is 9.62 Å². The van der Waals surface area contributed by atoms with Crippen LogP contribution in [0.15, 0.2) is 53.4 Å². The SMILES string of the molecule is CN(Cc1ccc(N2CCCCC2)cc1)C(=O)c1ccc(S(=O)(=O)NCC2CCCO2)cc1. The number of amides is 1. The van der Waals surface area contributed by atoms with Crippen LogP contribution in [0.5, 0.6) is 0 Å². The average molecular weight is 472 g/mol. The quantitative estimate of drug-likeness (QED) is 0.638. The molecule has 0 spiro atoms. The van der Waals surface area contributed by atoms with E-state index in [0.29, 0.717) is 18.7 Å². The van der Waals surface area contributed by atoms with Gasteiger partial charge in [0, 0.05) is 51.1 Å². The Bertz CT molecular complexity index is 1030. The minimum Gasteiger partial charge on any atom is -0.377 e. The number of nitrogens with one attached hydrogen (secondary N) is 1. The highest BCUT2D eigenvalue weighted by Crippen LogP contribution is 2.21. The van der Waals surface area contributed by atoms with Crippen LogP contribution in [0.25, 0.3) is 0 Å². The fraction of sp³-hybridized carbons (Fsp3) is 0.480. The molecular weight excluding hydrogens is 438 g/mol. The van der Waals surface area contributed by atoms with Crippen molar-refractivity contribution in [3.63, 3.8) is 0 Å². The molecule has 0 bridgehead atoms. The molecule has 178 valence electrons. The van der Waals surface area contributed by atoms with E-state index in [1.807, 2.05) is 0 Å². The molecule has 0 radical (unpaired) electrons. The van der Waals surface area contributed by atoms with Gasteiger partial charge >= 0.3 is 0 Å². The van der Waals surface area contributed by atoms with E-state index in [-0.39, 0.29) is 23.5 Å². The molecule has 2 heterocycles. The molecule has 4 rings (SSSR count). The second kappa shape index (κ2) is 10.7. The van der Waals surface area contributed by atoms with Crippen molar-refractivity contribution in [1.29, 1.82) is 0 Å². The average Bonchev–Trinajstić information content (AvgIpc) is 3.37. The zero-order chi connectivity index (χ0) is 23.3. The molecule has 7 nitrogen and oxygen atoms in total. The minimum absolute atomic E-state index is 0.0665. The lowest BCUT2D eigenvalue weighted by Gasteiger charge is -2.29. The van der Waals surface area contributed by atoms with Crippen molar-refractivity contribution in [3.8, 4) is 0 Å². The summed E-state index contributed by atoms with van der Waals surface area (Å²) >= 11 is 0. The molecule has 1 unspecified atom stereocenters. The van der Waals surface area contributed by atoms with Gasteiger partial charge < -0.3 is 14.5 Å². The highest BCUT2D eigenvalue weighted by molar-refractivity contribution is 7.89. The Hall–Kier alpha value is -2.42. The van der Waals surface area contributed by atoms with E-state index < -0.39 is 10.0 Å². The minimum atomic E-state index is -3.63. The molecule has 2 aromatic rings. The Balaban J connectivity index is 1.33. The summed E-state index contributed by atoms with van der Waals surface area (Å²) in [6.07, 6.45) is 5.54. The van der Waals surface area contributed by atoms with Gasteiger partial charge in [0.2, 0.25) is 10.0 Å². The van der Waals surface area contributed by atoms with Crippen molar-refractivity contribution >= 4 is 21.6 Å².